The summed E-state index contributed by atoms with van der Waals surface area (Å²) in [6.45, 7) is 0.326. The van der Waals surface area contributed by atoms with Gasteiger partial charge in [0.15, 0.2) is 0 Å². The smallest absolute Gasteiger partial charge is 0.261 e. The molecule has 0 aliphatic rings. The fourth-order valence-electron chi connectivity index (χ4n) is 2.20. The molecular weight excluding hydrogens is 294 g/mol. The highest BCUT2D eigenvalue weighted by atomic mass is 16.2. The fraction of sp³-hybridized carbons (Fsp3) is 0.312. The number of aromatic nitrogens is 2. The van der Waals surface area contributed by atoms with Gasteiger partial charge in [-0.2, -0.15) is 10.5 Å². The lowest BCUT2D eigenvalue weighted by Crippen LogP contribution is -2.37. The SMILES string of the molecule is N#CCCN(CCC#N)C(=O)Cn1cnc2ccccc2c1=O. The summed E-state index contributed by atoms with van der Waals surface area (Å²) >= 11 is 0. The van der Waals surface area contributed by atoms with E-state index in [1.54, 1.807) is 24.3 Å². The number of nitrogens with zero attached hydrogens (tertiary/aromatic N) is 5. The van der Waals surface area contributed by atoms with Gasteiger partial charge >= 0.3 is 0 Å². The predicted octanol–water partition coefficient (Wildman–Crippen LogP) is 1.05. The third-order valence-electron chi connectivity index (χ3n) is 3.38. The van der Waals surface area contributed by atoms with Crippen LogP contribution in [0.25, 0.3) is 10.9 Å². The van der Waals surface area contributed by atoms with Crippen molar-refractivity contribution in [2.24, 2.45) is 0 Å². The lowest BCUT2D eigenvalue weighted by Gasteiger charge is -2.20. The Morgan fingerprint density at radius 2 is 1.83 bits per heavy atom. The number of para-hydroxylation sites is 1. The highest BCUT2D eigenvalue weighted by Gasteiger charge is 2.15. The molecule has 0 aliphatic heterocycles. The molecule has 2 aromatic rings. The van der Waals surface area contributed by atoms with Crippen LogP contribution < -0.4 is 5.56 Å². The quantitative estimate of drug-likeness (QED) is 0.793. The Morgan fingerprint density at radius 3 is 2.48 bits per heavy atom. The standard InChI is InChI=1S/C16H15N5O2/c17-7-3-9-20(10-4-8-18)15(22)11-21-12-19-14-6-2-1-5-13(14)16(21)23/h1-2,5-6,12H,3-4,9-11H2. The molecule has 0 fully saturated rings. The van der Waals surface area contributed by atoms with Gasteiger partial charge in [-0.1, -0.05) is 12.1 Å². The van der Waals surface area contributed by atoms with Gasteiger partial charge in [-0.15, -0.1) is 0 Å². The van der Waals surface area contributed by atoms with Gasteiger partial charge in [0.2, 0.25) is 5.91 Å². The Hall–Kier alpha value is -3.19. The second-order valence-corrected chi connectivity index (χ2v) is 4.89. The third-order valence-corrected chi connectivity index (χ3v) is 3.38. The molecule has 1 amide bonds. The van der Waals surface area contributed by atoms with Gasteiger partial charge in [0, 0.05) is 13.1 Å². The molecule has 0 saturated heterocycles. The number of nitriles is 2. The zero-order chi connectivity index (χ0) is 16.7. The molecule has 1 aromatic carbocycles. The second-order valence-electron chi connectivity index (χ2n) is 4.89. The van der Waals surface area contributed by atoms with E-state index >= 15 is 0 Å². The molecule has 0 N–H and O–H groups in total. The first kappa shape index (κ1) is 16.2. The number of hydrogen-bond donors (Lipinski definition) is 0. The summed E-state index contributed by atoms with van der Waals surface area (Å²) in [7, 11) is 0. The van der Waals surface area contributed by atoms with E-state index in [1.807, 2.05) is 12.1 Å². The van der Waals surface area contributed by atoms with Gasteiger partial charge in [-0.05, 0) is 12.1 Å². The highest BCUT2D eigenvalue weighted by Crippen LogP contribution is 2.05. The van der Waals surface area contributed by atoms with Crippen molar-refractivity contribution >= 4 is 16.8 Å². The molecule has 0 aliphatic carbocycles. The summed E-state index contributed by atoms with van der Waals surface area (Å²) in [6.07, 6.45) is 1.71. The number of benzene rings is 1. The van der Waals surface area contributed by atoms with E-state index in [-0.39, 0.29) is 43.9 Å². The van der Waals surface area contributed by atoms with E-state index in [0.717, 1.165) is 0 Å². The van der Waals surface area contributed by atoms with E-state index in [9.17, 15) is 9.59 Å². The Morgan fingerprint density at radius 1 is 1.17 bits per heavy atom. The third kappa shape index (κ3) is 3.92. The summed E-state index contributed by atoms with van der Waals surface area (Å²) in [5, 5.41) is 17.8. The first-order valence-electron chi connectivity index (χ1n) is 7.13. The molecule has 116 valence electrons. The van der Waals surface area contributed by atoms with Crippen LogP contribution in [0.3, 0.4) is 0 Å². The van der Waals surface area contributed by atoms with Gasteiger partial charge in [0.1, 0.15) is 6.54 Å². The van der Waals surface area contributed by atoms with Crippen molar-refractivity contribution in [2.45, 2.75) is 19.4 Å². The van der Waals surface area contributed by atoms with Crippen molar-refractivity contribution in [3.63, 3.8) is 0 Å². The van der Waals surface area contributed by atoms with Gasteiger partial charge in [0.25, 0.3) is 5.56 Å². The van der Waals surface area contributed by atoms with Gasteiger partial charge < -0.3 is 4.90 Å². The van der Waals surface area contributed by atoms with E-state index < -0.39 is 0 Å². The van der Waals surface area contributed by atoms with Crippen molar-refractivity contribution in [1.82, 2.24) is 14.5 Å². The van der Waals surface area contributed by atoms with Crippen LogP contribution in [0.4, 0.5) is 0 Å². The lowest BCUT2D eigenvalue weighted by atomic mass is 10.2. The average molecular weight is 309 g/mol. The topological polar surface area (TPSA) is 103 Å². The maximum atomic E-state index is 12.4. The van der Waals surface area contributed by atoms with Crippen LogP contribution >= 0.6 is 0 Å². The highest BCUT2D eigenvalue weighted by molar-refractivity contribution is 5.79. The zero-order valence-corrected chi connectivity index (χ0v) is 12.5. The lowest BCUT2D eigenvalue weighted by molar-refractivity contribution is -0.131. The van der Waals surface area contributed by atoms with Crippen LogP contribution in [0.15, 0.2) is 35.4 Å². The first-order valence-corrected chi connectivity index (χ1v) is 7.13. The van der Waals surface area contributed by atoms with Crippen LogP contribution in [0, 0.1) is 22.7 Å². The second kappa shape index (κ2) is 7.71. The Balaban J connectivity index is 2.21. The minimum atomic E-state index is -0.310. The van der Waals surface area contributed by atoms with Crippen LogP contribution in [0.1, 0.15) is 12.8 Å². The van der Waals surface area contributed by atoms with E-state index in [1.165, 1.54) is 15.8 Å². The van der Waals surface area contributed by atoms with E-state index in [0.29, 0.717) is 10.9 Å². The van der Waals surface area contributed by atoms with Crippen LogP contribution in [0.5, 0.6) is 0 Å². The molecule has 7 heteroatoms. The molecule has 1 aromatic heterocycles. The minimum Gasteiger partial charge on any atom is -0.339 e. The Bertz CT molecular complexity index is 826. The monoisotopic (exact) mass is 309 g/mol. The fourth-order valence-corrected chi connectivity index (χ4v) is 2.20. The van der Waals surface area contributed by atoms with Gasteiger partial charge in [-0.3, -0.25) is 14.2 Å². The zero-order valence-electron chi connectivity index (χ0n) is 12.5. The summed E-state index contributed by atoms with van der Waals surface area (Å²) in [4.78, 5) is 30.3. The summed E-state index contributed by atoms with van der Waals surface area (Å²) in [5.74, 6) is -0.310. The number of carbonyl (C=O) groups is 1. The summed E-state index contributed by atoms with van der Waals surface area (Å²) < 4.78 is 1.25. The average Bonchev–Trinajstić information content (AvgIpc) is 2.57. The Kier molecular flexibility index (Phi) is 5.43. The van der Waals surface area contributed by atoms with Crippen molar-refractivity contribution in [2.75, 3.05) is 13.1 Å². The van der Waals surface area contributed by atoms with Crippen LogP contribution in [0.2, 0.25) is 0 Å². The first-order chi connectivity index (χ1) is 11.2. The summed E-state index contributed by atoms with van der Waals surface area (Å²) in [5.41, 5.74) is 0.288. The molecule has 23 heavy (non-hydrogen) atoms. The number of amides is 1. The molecule has 0 bridgehead atoms. The number of fused-ring (bicyclic) bond motifs is 1. The van der Waals surface area contributed by atoms with Crippen molar-refractivity contribution in [3.8, 4) is 12.1 Å². The molecule has 0 spiro atoms. The molecule has 0 saturated carbocycles. The molecular formula is C16H15N5O2. The molecule has 0 radical (unpaired) electrons. The molecule has 2 rings (SSSR count). The maximum Gasteiger partial charge on any atom is 0.261 e. The number of hydrogen-bond acceptors (Lipinski definition) is 5. The van der Waals surface area contributed by atoms with Crippen molar-refractivity contribution < 1.29 is 4.79 Å². The van der Waals surface area contributed by atoms with Crippen LogP contribution in [-0.4, -0.2) is 33.4 Å². The molecule has 7 nitrogen and oxygen atoms in total. The van der Waals surface area contributed by atoms with Gasteiger partial charge in [0.05, 0.1) is 42.2 Å². The molecule has 1 heterocycles. The Labute approximate surface area is 133 Å². The minimum absolute atomic E-state index is 0.159. The largest absolute Gasteiger partial charge is 0.339 e. The van der Waals surface area contributed by atoms with Crippen molar-refractivity contribution in [1.29, 1.82) is 10.5 Å². The van der Waals surface area contributed by atoms with Crippen LogP contribution in [-0.2, 0) is 11.3 Å². The predicted molar refractivity (Wildman–Crippen MR) is 83.0 cm³/mol. The normalized spacial score (nSPS) is 10.0. The number of rotatable bonds is 6. The van der Waals surface area contributed by atoms with E-state index in [4.69, 9.17) is 10.5 Å². The van der Waals surface area contributed by atoms with Crippen molar-refractivity contribution in [3.05, 3.63) is 40.9 Å². The maximum absolute atomic E-state index is 12.4. The number of carbonyl (C=O) groups excluding carboxylic acids is 1. The summed E-state index contributed by atoms with van der Waals surface area (Å²) in [6, 6.07) is 10.9. The molecule has 0 atom stereocenters. The van der Waals surface area contributed by atoms with E-state index in [2.05, 4.69) is 4.98 Å². The molecule has 0 unspecified atom stereocenters. The van der Waals surface area contributed by atoms with Gasteiger partial charge in [-0.25, -0.2) is 4.98 Å².